The number of hydrogen-bond donors (Lipinski definition) is 0. The fraction of sp³-hybridized carbons (Fsp3) is 0.333. The van der Waals surface area contributed by atoms with Crippen molar-refractivity contribution in [3.63, 3.8) is 0 Å². The van der Waals surface area contributed by atoms with E-state index in [0.29, 0.717) is 35.3 Å². The highest BCUT2D eigenvalue weighted by atomic mass is 19.1. The Morgan fingerprint density at radius 1 is 0.741 bits per heavy atom. The summed E-state index contributed by atoms with van der Waals surface area (Å²) in [6.45, 7) is 4.19. The zero-order valence-electron chi connectivity index (χ0n) is 15.0. The maximum atomic E-state index is 14.1. The quantitative estimate of drug-likeness (QED) is 0.832. The van der Waals surface area contributed by atoms with E-state index in [-0.39, 0.29) is 11.6 Å². The van der Waals surface area contributed by atoms with Gasteiger partial charge in [-0.05, 0) is 43.8 Å². The lowest BCUT2D eigenvalue weighted by molar-refractivity contribution is 0.243. The van der Waals surface area contributed by atoms with Gasteiger partial charge in [0.1, 0.15) is 11.6 Å². The van der Waals surface area contributed by atoms with Crippen molar-refractivity contribution in [3.05, 3.63) is 70.3 Å². The summed E-state index contributed by atoms with van der Waals surface area (Å²) < 4.78 is 28.2. The molecule has 1 fully saturated rings. The van der Waals surface area contributed by atoms with E-state index >= 15 is 0 Å². The van der Waals surface area contributed by atoms with Crippen LogP contribution >= 0.6 is 0 Å². The molecule has 0 N–H and O–H groups in total. The fourth-order valence-corrected chi connectivity index (χ4v) is 3.31. The third-order valence-corrected chi connectivity index (χ3v) is 4.83. The monoisotopic (exact) mass is 366 g/mol. The smallest absolute Gasteiger partial charge is 0.129 e. The van der Waals surface area contributed by atoms with E-state index in [1.807, 2.05) is 12.1 Å². The molecule has 1 saturated heterocycles. The second-order valence-corrected chi connectivity index (χ2v) is 6.74. The van der Waals surface area contributed by atoms with E-state index in [4.69, 9.17) is 10.5 Å². The molecule has 0 saturated carbocycles. The van der Waals surface area contributed by atoms with Crippen LogP contribution in [0.4, 0.5) is 8.78 Å². The average Bonchev–Trinajstić information content (AvgIpc) is 2.90. The van der Waals surface area contributed by atoms with E-state index < -0.39 is 0 Å². The minimum atomic E-state index is -0.352. The standard InChI is InChI=1S/C21H20F2N4/c22-20-10-16(12-24)2-4-18(20)14-26-6-1-7-27(9-8-26)15-19-5-3-17(13-25)11-21(19)23/h2-5,10-11H,1,6-9,14-15H2. The molecule has 2 aromatic rings. The molecule has 4 nitrogen and oxygen atoms in total. The molecule has 0 unspecified atom stereocenters. The van der Waals surface area contributed by atoms with Crippen LogP contribution in [0.25, 0.3) is 0 Å². The molecule has 0 atom stereocenters. The summed E-state index contributed by atoms with van der Waals surface area (Å²) >= 11 is 0. The molecule has 0 amide bonds. The van der Waals surface area contributed by atoms with Crippen molar-refractivity contribution in [1.29, 1.82) is 10.5 Å². The number of nitrogens with zero attached hydrogens (tertiary/aromatic N) is 4. The van der Waals surface area contributed by atoms with Crippen LogP contribution in [0.5, 0.6) is 0 Å². The van der Waals surface area contributed by atoms with Crippen LogP contribution in [0.15, 0.2) is 36.4 Å². The minimum absolute atomic E-state index is 0.322. The molecule has 3 rings (SSSR count). The Hall–Kier alpha value is -2.80. The van der Waals surface area contributed by atoms with Gasteiger partial charge < -0.3 is 0 Å². The Morgan fingerprint density at radius 3 is 1.56 bits per heavy atom. The van der Waals surface area contributed by atoms with Gasteiger partial charge >= 0.3 is 0 Å². The van der Waals surface area contributed by atoms with Gasteiger partial charge in [0.05, 0.1) is 23.3 Å². The highest BCUT2D eigenvalue weighted by Crippen LogP contribution is 2.17. The van der Waals surface area contributed by atoms with E-state index in [1.165, 1.54) is 12.1 Å². The molecule has 0 spiro atoms. The van der Waals surface area contributed by atoms with Crippen LogP contribution < -0.4 is 0 Å². The first-order valence-corrected chi connectivity index (χ1v) is 8.91. The van der Waals surface area contributed by atoms with Gasteiger partial charge in [0.15, 0.2) is 0 Å². The average molecular weight is 366 g/mol. The van der Waals surface area contributed by atoms with Gasteiger partial charge in [-0.2, -0.15) is 10.5 Å². The number of hydrogen-bond acceptors (Lipinski definition) is 4. The summed E-state index contributed by atoms with van der Waals surface area (Å²) in [4.78, 5) is 4.36. The van der Waals surface area contributed by atoms with E-state index in [9.17, 15) is 8.78 Å². The van der Waals surface area contributed by atoms with Gasteiger partial charge in [-0.3, -0.25) is 9.80 Å². The number of benzene rings is 2. The van der Waals surface area contributed by atoms with Crippen molar-refractivity contribution in [2.45, 2.75) is 19.5 Å². The third-order valence-electron chi connectivity index (χ3n) is 4.83. The van der Waals surface area contributed by atoms with Crippen molar-refractivity contribution < 1.29 is 8.78 Å². The Morgan fingerprint density at radius 2 is 1.19 bits per heavy atom. The summed E-state index contributed by atoms with van der Waals surface area (Å²) in [7, 11) is 0. The molecule has 1 aliphatic heterocycles. The summed E-state index contributed by atoms with van der Waals surface area (Å²) in [6, 6.07) is 13.0. The first-order valence-electron chi connectivity index (χ1n) is 8.91. The molecule has 138 valence electrons. The van der Waals surface area contributed by atoms with E-state index in [0.717, 1.165) is 32.6 Å². The van der Waals surface area contributed by atoms with Crippen LogP contribution in [-0.2, 0) is 13.1 Å². The minimum Gasteiger partial charge on any atom is -0.298 e. The molecule has 2 aromatic carbocycles. The Balaban J connectivity index is 1.59. The van der Waals surface area contributed by atoms with E-state index in [1.54, 1.807) is 24.3 Å². The molecule has 0 aliphatic carbocycles. The summed E-state index contributed by atoms with van der Waals surface area (Å²) in [6.07, 6.45) is 0.912. The van der Waals surface area contributed by atoms with Crippen molar-refractivity contribution >= 4 is 0 Å². The molecular weight excluding hydrogens is 346 g/mol. The maximum absolute atomic E-state index is 14.1. The molecular formula is C21H20F2N4. The van der Waals surface area contributed by atoms with Crippen LogP contribution in [0.3, 0.4) is 0 Å². The normalized spacial score (nSPS) is 15.7. The van der Waals surface area contributed by atoms with E-state index in [2.05, 4.69) is 9.80 Å². The third kappa shape index (κ3) is 4.89. The van der Waals surface area contributed by atoms with Gasteiger partial charge in [0.25, 0.3) is 0 Å². The second kappa shape index (κ2) is 8.73. The van der Waals surface area contributed by atoms with Crippen LogP contribution in [0.1, 0.15) is 28.7 Å². The van der Waals surface area contributed by atoms with Crippen LogP contribution in [-0.4, -0.2) is 36.0 Å². The van der Waals surface area contributed by atoms with Gasteiger partial charge in [-0.1, -0.05) is 12.1 Å². The Labute approximate surface area is 157 Å². The molecule has 6 heteroatoms. The predicted molar refractivity (Wildman–Crippen MR) is 97.4 cm³/mol. The van der Waals surface area contributed by atoms with Crippen LogP contribution in [0.2, 0.25) is 0 Å². The van der Waals surface area contributed by atoms with Gasteiger partial charge in [0.2, 0.25) is 0 Å². The number of rotatable bonds is 4. The first kappa shape index (κ1) is 19.0. The second-order valence-electron chi connectivity index (χ2n) is 6.74. The molecule has 0 radical (unpaired) electrons. The van der Waals surface area contributed by atoms with Crippen molar-refractivity contribution in [3.8, 4) is 12.1 Å². The molecule has 27 heavy (non-hydrogen) atoms. The first-order chi connectivity index (χ1) is 13.1. The Bertz CT molecular complexity index is 825. The summed E-state index contributed by atoms with van der Waals surface area (Å²) in [5, 5.41) is 17.7. The highest BCUT2D eigenvalue weighted by molar-refractivity contribution is 5.33. The molecule has 1 aliphatic rings. The topological polar surface area (TPSA) is 54.1 Å². The Kier molecular flexibility index (Phi) is 6.13. The van der Waals surface area contributed by atoms with Crippen molar-refractivity contribution in [2.24, 2.45) is 0 Å². The zero-order valence-corrected chi connectivity index (χ0v) is 15.0. The summed E-state index contributed by atoms with van der Waals surface area (Å²) in [5.41, 5.74) is 1.81. The molecule has 1 heterocycles. The maximum Gasteiger partial charge on any atom is 0.129 e. The van der Waals surface area contributed by atoms with Gasteiger partial charge in [-0.15, -0.1) is 0 Å². The SMILES string of the molecule is N#Cc1ccc(CN2CCCN(Cc3ccc(C#N)cc3F)CC2)c(F)c1. The van der Waals surface area contributed by atoms with Crippen molar-refractivity contribution in [1.82, 2.24) is 9.80 Å². The van der Waals surface area contributed by atoms with Gasteiger partial charge in [0, 0.05) is 37.3 Å². The molecule has 0 bridgehead atoms. The summed E-state index contributed by atoms with van der Waals surface area (Å²) in [5.74, 6) is -0.704. The van der Waals surface area contributed by atoms with Crippen molar-refractivity contribution in [2.75, 3.05) is 26.2 Å². The fourth-order valence-electron chi connectivity index (χ4n) is 3.31. The lowest BCUT2D eigenvalue weighted by Crippen LogP contribution is -2.30. The number of nitriles is 2. The zero-order chi connectivity index (χ0) is 19.2. The number of halogens is 2. The predicted octanol–water partition coefficient (Wildman–Crippen LogP) is 3.42. The largest absolute Gasteiger partial charge is 0.298 e. The lowest BCUT2D eigenvalue weighted by Gasteiger charge is -2.22. The molecule has 0 aromatic heterocycles. The van der Waals surface area contributed by atoms with Gasteiger partial charge in [-0.25, -0.2) is 8.78 Å². The van der Waals surface area contributed by atoms with Crippen LogP contribution in [0, 0.1) is 34.3 Å². The lowest BCUT2D eigenvalue weighted by atomic mass is 10.1. The highest BCUT2D eigenvalue weighted by Gasteiger charge is 2.17.